The first-order valence-corrected chi connectivity index (χ1v) is 15.4. The lowest BCUT2D eigenvalue weighted by molar-refractivity contribution is -0.174. The number of rotatable bonds is 12. The summed E-state index contributed by atoms with van der Waals surface area (Å²) in [5.74, 6) is 1.92. The normalized spacial score (nSPS) is 31.1. The zero-order chi connectivity index (χ0) is 26.3. The van der Waals surface area contributed by atoms with Crippen LogP contribution in [-0.2, 0) is 11.8 Å². The number of nitrogens with one attached hydrogen (secondary N) is 1. The molecule has 1 spiro atoms. The Hall–Kier alpha value is -2.05. The second-order valence-electron chi connectivity index (χ2n) is 12.7. The summed E-state index contributed by atoms with van der Waals surface area (Å²) in [7, 11) is 0. The number of unbranched alkanes of at least 4 members (excludes halogenated alkanes) is 7. The molecule has 0 radical (unpaired) electrons. The van der Waals surface area contributed by atoms with E-state index in [4.69, 9.17) is 9.47 Å². The second-order valence-corrected chi connectivity index (χ2v) is 12.7. The first-order chi connectivity index (χ1) is 18.5. The van der Waals surface area contributed by atoms with Gasteiger partial charge >= 0.3 is 6.09 Å². The number of hydrogen-bond donors (Lipinski definition) is 2. The van der Waals surface area contributed by atoms with Gasteiger partial charge in [0.2, 0.25) is 0 Å². The highest BCUT2D eigenvalue weighted by Crippen LogP contribution is 2.66. The van der Waals surface area contributed by atoms with Crippen molar-refractivity contribution in [2.75, 3.05) is 19.6 Å². The number of piperidine rings is 1. The third kappa shape index (κ3) is 4.36. The molecule has 1 saturated heterocycles. The van der Waals surface area contributed by atoms with E-state index in [-0.39, 0.29) is 12.1 Å². The van der Waals surface area contributed by atoms with Crippen molar-refractivity contribution in [2.45, 2.75) is 120 Å². The molecule has 6 heteroatoms. The van der Waals surface area contributed by atoms with E-state index in [1.54, 1.807) is 0 Å². The number of benzene rings is 1. The van der Waals surface area contributed by atoms with Gasteiger partial charge in [0.05, 0.1) is 11.0 Å². The molecule has 2 N–H and O–H groups in total. The van der Waals surface area contributed by atoms with Gasteiger partial charge in [0.25, 0.3) is 0 Å². The Morgan fingerprint density at radius 1 is 1.16 bits per heavy atom. The van der Waals surface area contributed by atoms with Crippen LogP contribution < -0.4 is 14.8 Å². The van der Waals surface area contributed by atoms with Crippen LogP contribution in [0.1, 0.15) is 102 Å². The quantitative estimate of drug-likeness (QED) is 0.259. The lowest BCUT2D eigenvalue weighted by Gasteiger charge is -2.63. The van der Waals surface area contributed by atoms with Crippen LogP contribution in [0.2, 0.25) is 0 Å². The molecule has 38 heavy (non-hydrogen) atoms. The van der Waals surface area contributed by atoms with Crippen LogP contribution in [0.4, 0.5) is 4.79 Å². The van der Waals surface area contributed by atoms with E-state index in [9.17, 15) is 9.90 Å². The number of nitrogens with zero attached hydrogens (tertiary/aromatic N) is 1. The number of carbonyl (C=O) groups is 1. The van der Waals surface area contributed by atoms with Gasteiger partial charge in [-0.05, 0) is 74.6 Å². The Morgan fingerprint density at radius 3 is 2.68 bits per heavy atom. The van der Waals surface area contributed by atoms with E-state index >= 15 is 0 Å². The van der Waals surface area contributed by atoms with Crippen LogP contribution >= 0.6 is 0 Å². The van der Waals surface area contributed by atoms with Gasteiger partial charge in [0, 0.05) is 24.7 Å². The lowest BCUT2D eigenvalue weighted by atomic mass is 9.48. The summed E-state index contributed by atoms with van der Waals surface area (Å²) < 4.78 is 12.5. The highest BCUT2D eigenvalue weighted by atomic mass is 16.6. The number of likely N-dealkylation sites (tertiary alicyclic amines) is 1. The molecule has 1 aromatic carbocycles. The molecular formula is C32H46N2O4. The molecule has 4 unspecified atom stereocenters. The minimum absolute atomic E-state index is 0.108. The summed E-state index contributed by atoms with van der Waals surface area (Å²) in [6, 6.07) is 4.11. The Labute approximate surface area is 228 Å². The van der Waals surface area contributed by atoms with Crippen LogP contribution in [0.5, 0.6) is 11.5 Å². The zero-order valence-electron chi connectivity index (χ0n) is 23.2. The summed E-state index contributed by atoms with van der Waals surface area (Å²) in [4.78, 5) is 15.3. The summed E-state index contributed by atoms with van der Waals surface area (Å²) in [5, 5.41) is 15.4. The van der Waals surface area contributed by atoms with Crippen LogP contribution in [-0.4, -0.2) is 53.5 Å². The van der Waals surface area contributed by atoms with E-state index in [1.807, 2.05) is 6.07 Å². The predicted octanol–water partition coefficient (Wildman–Crippen LogP) is 6.04. The molecule has 4 atom stereocenters. The number of amides is 1. The molecule has 5 aliphatic rings. The van der Waals surface area contributed by atoms with E-state index < -0.39 is 17.1 Å². The lowest BCUT2D eigenvalue weighted by Crippen LogP contribution is -2.75. The van der Waals surface area contributed by atoms with Crippen LogP contribution in [0, 0.1) is 5.92 Å². The highest BCUT2D eigenvalue weighted by Gasteiger charge is 2.72. The molecule has 6 rings (SSSR count). The van der Waals surface area contributed by atoms with Gasteiger partial charge in [-0.1, -0.05) is 64.5 Å². The first kappa shape index (κ1) is 26.2. The van der Waals surface area contributed by atoms with Crippen molar-refractivity contribution in [2.24, 2.45) is 5.92 Å². The highest BCUT2D eigenvalue weighted by molar-refractivity contribution is 5.73. The Kier molecular flexibility index (Phi) is 7.23. The molecule has 208 valence electrons. The molecule has 3 aliphatic carbocycles. The Bertz CT molecular complexity index is 1070. The second kappa shape index (κ2) is 10.5. The summed E-state index contributed by atoms with van der Waals surface area (Å²) >= 11 is 0. The third-order valence-corrected chi connectivity index (χ3v) is 10.2. The smallest absolute Gasteiger partial charge is 0.412 e. The van der Waals surface area contributed by atoms with Gasteiger partial charge < -0.3 is 19.9 Å². The van der Waals surface area contributed by atoms with Crippen molar-refractivity contribution in [3.05, 3.63) is 35.4 Å². The van der Waals surface area contributed by atoms with E-state index in [2.05, 4.69) is 29.8 Å². The number of carbonyl (C=O) groups excluding carboxylic acids is 1. The van der Waals surface area contributed by atoms with Crippen LogP contribution in [0.15, 0.2) is 24.3 Å². The van der Waals surface area contributed by atoms with Crippen molar-refractivity contribution in [1.29, 1.82) is 0 Å². The fourth-order valence-corrected chi connectivity index (χ4v) is 8.05. The maximum Gasteiger partial charge on any atom is 0.412 e. The van der Waals surface area contributed by atoms with Gasteiger partial charge in [-0.15, -0.1) is 0 Å². The summed E-state index contributed by atoms with van der Waals surface area (Å²) in [6.07, 6.45) is 15.0. The van der Waals surface area contributed by atoms with E-state index in [1.165, 1.54) is 56.9 Å². The Morgan fingerprint density at radius 2 is 1.92 bits per heavy atom. The SMILES string of the molecule is C=C1CCC2(O)C3Cc4ccc(OC(=O)NCCCCCCCCCC)c5c4C2(CCN3CC2CC2)C1O5. The average Bonchev–Trinajstić information content (AvgIpc) is 3.64. The van der Waals surface area contributed by atoms with E-state index in [0.29, 0.717) is 18.0 Å². The van der Waals surface area contributed by atoms with Crippen molar-refractivity contribution in [3.63, 3.8) is 0 Å². The number of hydrogen-bond acceptors (Lipinski definition) is 5. The zero-order valence-corrected chi connectivity index (χ0v) is 23.2. The summed E-state index contributed by atoms with van der Waals surface area (Å²) in [5.41, 5.74) is 2.03. The minimum Gasteiger partial charge on any atom is -0.481 e. The molecule has 3 fully saturated rings. The molecule has 2 saturated carbocycles. The van der Waals surface area contributed by atoms with Crippen molar-refractivity contribution in [1.82, 2.24) is 10.2 Å². The molecule has 2 aliphatic heterocycles. The molecule has 1 aromatic rings. The number of aliphatic hydroxyl groups is 1. The van der Waals surface area contributed by atoms with Gasteiger partial charge in [0.15, 0.2) is 11.5 Å². The summed E-state index contributed by atoms with van der Waals surface area (Å²) in [6.45, 7) is 9.32. The van der Waals surface area contributed by atoms with Crippen LogP contribution in [0.3, 0.4) is 0 Å². The fourth-order valence-electron chi connectivity index (χ4n) is 8.05. The maximum atomic E-state index is 12.7. The average molecular weight is 523 g/mol. The Balaban J connectivity index is 1.15. The predicted molar refractivity (Wildman–Crippen MR) is 149 cm³/mol. The maximum absolute atomic E-state index is 12.7. The van der Waals surface area contributed by atoms with Crippen molar-refractivity contribution < 1.29 is 19.4 Å². The molecular weight excluding hydrogens is 476 g/mol. The van der Waals surface area contributed by atoms with Crippen LogP contribution in [0.25, 0.3) is 0 Å². The molecule has 1 amide bonds. The molecule has 0 aromatic heterocycles. The molecule has 2 bridgehead atoms. The van der Waals surface area contributed by atoms with Crippen molar-refractivity contribution in [3.8, 4) is 11.5 Å². The minimum atomic E-state index is -0.846. The molecule has 6 nitrogen and oxygen atoms in total. The van der Waals surface area contributed by atoms with E-state index in [0.717, 1.165) is 68.7 Å². The number of ether oxygens (including phenoxy) is 2. The largest absolute Gasteiger partial charge is 0.481 e. The van der Waals surface area contributed by atoms with Gasteiger partial charge in [-0.2, -0.15) is 0 Å². The fraction of sp³-hybridized carbons (Fsp3) is 0.719. The molecule has 2 heterocycles. The topological polar surface area (TPSA) is 71.0 Å². The monoisotopic (exact) mass is 522 g/mol. The van der Waals surface area contributed by atoms with Crippen molar-refractivity contribution >= 4 is 6.09 Å². The van der Waals surface area contributed by atoms with Gasteiger partial charge in [0.1, 0.15) is 6.10 Å². The van der Waals surface area contributed by atoms with Gasteiger partial charge in [-0.3, -0.25) is 4.90 Å². The third-order valence-electron chi connectivity index (χ3n) is 10.2. The standard InChI is InChI=1S/C32H46N2O4/c1-3-4-5-6-7-8-9-10-18-33-30(35)37-25-14-13-24-20-26-32(36)16-15-22(2)29-31(32,27(24)28(25)38-29)17-19-34(26)21-23-11-12-23/h13-14,23,26,29,36H,2-12,15-21H2,1H3,(H,33,35). The first-order valence-electron chi connectivity index (χ1n) is 15.4. The van der Waals surface area contributed by atoms with Gasteiger partial charge in [-0.25, -0.2) is 4.79 Å².